The highest BCUT2D eigenvalue weighted by Gasteiger charge is 2.24. The normalized spacial score (nSPS) is 18.8. The summed E-state index contributed by atoms with van der Waals surface area (Å²) in [4.78, 5) is 18.9. The summed E-state index contributed by atoms with van der Waals surface area (Å²) in [5, 5.41) is 1.08. The number of fused-ring (bicyclic) bond motifs is 1. The van der Waals surface area contributed by atoms with Crippen LogP contribution >= 0.6 is 11.3 Å². The number of anilines is 1. The molecule has 0 spiro atoms. The van der Waals surface area contributed by atoms with E-state index in [1.165, 1.54) is 23.3 Å². The number of aromatic amines is 1. The Kier molecular flexibility index (Phi) is 4.48. The van der Waals surface area contributed by atoms with Crippen LogP contribution in [0, 0.1) is 6.92 Å². The molecule has 0 radical (unpaired) electrons. The van der Waals surface area contributed by atoms with Gasteiger partial charge in [0.15, 0.2) is 5.13 Å². The molecule has 6 heteroatoms. The highest BCUT2D eigenvalue weighted by Crippen LogP contribution is 2.29. The summed E-state index contributed by atoms with van der Waals surface area (Å²) in [5.41, 5.74) is 3.52. The highest BCUT2D eigenvalue weighted by molar-refractivity contribution is 7.15. The Hall–Kier alpha value is -1.92. The van der Waals surface area contributed by atoms with Crippen LogP contribution in [0.3, 0.4) is 0 Å². The number of aromatic nitrogens is 3. The molecule has 4 rings (SSSR count). The monoisotopic (exact) mass is 355 g/mol. The van der Waals surface area contributed by atoms with Crippen LogP contribution in [0.5, 0.6) is 0 Å². The number of benzene rings is 1. The van der Waals surface area contributed by atoms with Gasteiger partial charge in [-0.15, -0.1) is 11.3 Å². The van der Waals surface area contributed by atoms with Gasteiger partial charge in [-0.25, -0.2) is 9.97 Å². The van der Waals surface area contributed by atoms with Gasteiger partial charge in [0.05, 0.1) is 11.0 Å². The minimum absolute atomic E-state index is 0.488. The minimum Gasteiger partial charge on any atom is -0.354 e. The molecule has 0 aliphatic carbocycles. The molecule has 0 bridgehead atoms. The van der Waals surface area contributed by atoms with E-state index in [0.717, 1.165) is 41.6 Å². The number of nitrogens with zero attached hydrogens (tertiary/aromatic N) is 4. The van der Waals surface area contributed by atoms with Gasteiger partial charge in [-0.05, 0) is 37.9 Å². The molecule has 1 unspecified atom stereocenters. The van der Waals surface area contributed by atoms with Crippen LogP contribution in [0.4, 0.5) is 5.13 Å². The van der Waals surface area contributed by atoms with Crippen molar-refractivity contribution in [3.63, 3.8) is 0 Å². The first-order chi connectivity index (χ1) is 12.1. The van der Waals surface area contributed by atoms with Gasteiger partial charge in [0, 0.05) is 44.2 Å². The SMILES string of the molecule is Cc1cccc2[nH]c(C3CCCN(Cc4cnc(N(C)C)s4)C3)nc12. The average Bonchev–Trinajstić information content (AvgIpc) is 3.23. The number of likely N-dealkylation sites (tertiary alicyclic amines) is 1. The number of thiazole rings is 1. The highest BCUT2D eigenvalue weighted by atomic mass is 32.1. The molecule has 2 aromatic heterocycles. The molecule has 1 saturated heterocycles. The van der Waals surface area contributed by atoms with Crippen molar-refractivity contribution in [3.8, 4) is 0 Å². The van der Waals surface area contributed by atoms with Gasteiger partial charge < -0.3 is 9.88 Å². The average molecular weight is 356 g/mol. The summed E-state index contributed by atoms with van der Waals surface area (Å²) in [6.07, 6.45) is 4.45. The van der Waals surface area contributed by atoms with E-state index in [1.807, 2.05) is 20.3 Å². The summed E-state index contributed by atoms with van der Waals surface area (Å²) < 4.78 is 0. The van der Waals surface area contributed by atoms with Gasteiger partial charge in [-0.3, -0.25) is 4.90 Å². The van der Waals surface area contributed by atoms with E-state index in [0.29, 0.717) is 5.92 Å². The number of nitrogens with one attached hydrogen (secondary N) is 1. The van der Waals surface area contributed by atoms with Crippen LogP contribution in [-0.2, 0) is 6.54 Å². The zero-order valence-electron chi connectivity index (χ0n) is 15.1. The van der Waals surface area contributed by atoms with Crippen LogP contribution < -0.4 is 4.90 Å². The fourth-order valence-corrected chi connectivity index (χ4v) is 4.48. The van der Waals surface area contributed by atoms with Crippen molar-refractivity contribution in [1.82, 2.24) is 19.9 Å². The standard InChI is InChI=1S/C19H25N5S/c1-13-6-4-8-16-17(13)22-18(21-16)14-7-5-9-24(11-14)12-15-10-20-19(25-15)23(2)3/h4,6,8,10,14H,5,7,9,11-12H2,1-3H3,(H,21,22). The summed E-state index contributed by atoms with van der Waals surface area (Å²) in [6.45, 7) is 5.34. The number of para-hydroxylation sites is 1. The topological polar surface area (TPSA) is 48.1 Å². The van der Waals surface area contributed by atoms with Crippen LogP contribution in [0.2, 0.25) is 0 Å². The summed E-state index contributed by atoms with van der Waals surface area (Å²) >= 11 is 1.79. The molecular formula is C19H25N5S. The lowest BCUT2D eigenvalue weighted by Gasteiger charge is -2.31. The third-order valence-electron chi connectivity index (χ3n) is 4.93. The Labute approximate surface area is 152 Å². The molecule has 0 saturated carbocycles. The zero-order valence-corrected chi connectivity index (χ0v) is 15.9. The number of aryl methyl sites for hydroxylation is 1. The molecule has 1 fully saturated rings. The van der Waals surface area contributed by atoms with Crippen molar-refractivity contribution >= 4 is 27.5 Å². The molecule has 1 N–H and O–H groups in total. The largest absolute Gasteiger partial charge is 0.354 e. The van der Waals surface area contributed by atoms with E-state index in [9.17, 15) is 0 Å². The predicted octanol–water partition coefficient (Wildman–Crippen LogP) is 3.77. The van der Waals surface area contributed by atoms with Gasteiger partial charge >= 0.3 is 0 Å². The van der Waals surface area contributed by atoms with Crippen LogP contribution in [0.25, 0.3) is 11.0 Å². The fourth-order valence-electron chi connectivity index (χ4n) is 3.61. The Morgan fingerprint density at radius 2 is 2.24 bits per heavy atom. The predicted molar refractivity (Wildman–Crippen MR) is 105 cm³/mol. The maximum Gasteiger partial charge on any atom is 0.185 e. The summed E-state index contributed by atoms with van der Waals surface area (Å²) in [7, 11) is 4.09. The Balaban J connectivity index is 1.48. The van der Waals surface area contributed by atoms with Crippen molar-refractivity contribution in [1.29, 1.82) is 0 Å². The molecular weight excluding hydrogens is 330 g/mol. The Bertz CT molecular complexity index is 866. The van der Waals surface area contributed by atoms with Gasteiger partial charge in [-0.1, -0.05) is 12.1 Å². The van der Waals surface area contributed by atoms with E-state index in [-0.39, 0.29) is 0 Å². The van der Waals surface area contributed by atoms with Crippen LogP contribution in [0.1, 0.15) is 35.0 Å². The molecule has 1 aliphatic rings. The van der Waals surface area contributed by atoms with Gasteiger partial charge in [0.1, 0.15) is 5.82 Å². The molecule has 132 valence electrons. The van der Waals surface area contributed by atoms with Crippen molar-refractivity contribution < 1.29 is 0 Å². The quantitative estimate of drug-likeness (QED) is 0.774. The second kappa shape index (κ2) is 6.77. The first-order valence-corrected chi connectivity index (χ1v) is 9.71. The van der Waals surface area contributed by atoms with E-state index in [4.69, 9.17) is 4.98 Å². The summed E-state index contributed by atoms with van der Waals surface area (Å²) in [6, 6.07) is 6.35. The number of hydrogen-bond donors (Lipinski definition) is 1. The Morgan fingerprint density at radius 1 is 1.36 bits per heavy atom. The lowest BCUT2D eigenvalue weighted by Crippen LogP contribution is -2.34. The smallest absolute Gasteiger partial charge is 0.185 e. The van der Waals surface area contributed by atoms with Crippen molar-refractivity contribution in [2.45, 2.75) is 32.2 Å². The molecule has 5 nitrogen and oxygen atoms in total. The number of piperidine rings is 1. The number of hydrogen-bond acceptors (Lipinski definition) is 5. The molecule has 1 aliphatic heterocycles. The second-order valence-corrected chi connectivity index (χ2v) is 8.26. The van der Waals surface area contributed by atoms with Crippen molar-refractivity contribution in [3.05, 3.63) is 40.7 Å². The molecule has 1 aromatic carbocycles. The van der Waals surface area contributed by atoms with E-state index >= 15 is 0 Å². The Morgan fingerprint density at radius 3 is 3.00 bits per heavy atom. The number of H-pyrrole nitrogens is 1. The minimum atomic E-state index is 0.488. The van der Waals surface area contributed by atoms with Gasteiger partial charge in [-0.2, -0.15) is 0 Å². The van der Waals surface area contributed by atoms with Crippen LogP contribution in [-0.4, -0.2) is 47.0 Å². The number of imidazole rings is 1. The van der Waals surface area contributed by atoms with Crippen LogP contribution in [0.15, 0.2) is 24.4 Å². The van der Waals surface area contributed by atoms with Gasteiger partial charge in [0.2, 0.25) is 0 Å². The van der Waals surface area contributed by atoms with E-state index in [1.54, 1.807) is 11.3 Å². The van der Waals surface area contributed by atoms with E-state index < -0.39 is 0 Å². The molecule has 0 amide bonds. The zero-order chi connectivity index (χ0) is 17.4. The second-order valence-electron chi connectivity index (χ2n) is 7.17. The lowest BCUT2D eigenvalue weighted by molar-refractivity contribution is 0.198. The van der Waals surface area contributed by atoms with Gasteiger partial charge in [0.25, 0.3) is 0 Å². The van der Waals surface area contributed by atoms with Crippen molar-refractivity contribution in [2.24, 2.45) is 0 Å². The third-order valence-corrected chi connectivity index (χ3v) is 6.08. The molecule has 1 atom stereocenters. The lowest BCUT2D eigenvalue weighted by atomic mass is 9.97. The summed E-state index contributed by atoms with van der Waals surface area (Å²) in [5.74, 6) is 1.63. The molecule has 3 heterocycles. The van der Waals surface area contributed by atoms with E-state index in [2.05, 4.69) is 44.9 Å². The van der Waals surface area contributed by atoms with Crippen molar-refractivity contribution in [2.75, 3.05) is 32.1 Å². The third kappa shape index (κ3) is 3.41. The molecule has 25 heavy (non-hydrogen) atoms. The maximum atomic E-state index is 4.91. The number of rotatable bonds is 4. The first-order valence-electron chi connectivity index (χ1n) is 8.90. The fraction of sp³-hybridized carbons (Fsp3) is 0.474. The first kappa shape index (κ1) is 16.5. The molecule has 3 aromatic rings. The maximum absolute atomic E-state index is 4.91.